The third-order valence-corrected chi connectivity index (χ3v) is 5.71. The molecular formula is C18H21ClN4O2S. The first kappa shape index (κ1) is 18.8. The van der Waals surface area contributed by atoms with Crippen molar-refractivity contribution in [3.8, 4) is 27.1 Å². The van der Waals surface area contributed by atoms with Crippen LogP contribution in [-0.4, -0.2) is 21.7 Å². The van der Waals surface area contributed by atoms with Crippen LogP contribution in [0.2, 0.25) is 0 Å². The molecule has 8 heteroatoms. The van der Waals surface area contributed by atoms with Gasteiger partial charge in [0.05, 0.1) is 17.8 Å². The van der Waals surface area contributed by atoms with Crippen LogP contribution in [0.25, 0.3) is 21.3 Å². The van der Waals surface area contributed by atoms with E-state index in [2.05, 4.69) is 15.1 Å². The molecular weight excluding hydrogens is 372 g/mol. The molecule has 0 spiro atoms. The monoisotopic (exact) mass is 392 g/mol. The summed E-state index contributed by atoms with van der Waals surface area (Å²) in [5, 5.41) is 5.01. The summed E-state index contributed by atoms with van der Waals surface area (Å²) >= 11 is 1.55. The number of ether oxygens (including phenoxy) is 1. The van der Waals surface area contributed by atoms with Crippen molar-refractivity contribution in [2.24, 2.45) is 5.73 Å². The Morgan fingerprint density at radius 1 is 1.23 bits per heavy atom. The van der Waals surface area contributed by atoms with Gasteiger partial charge in [-0.25, -0.2) is 4.98 Å². The van der Waals surface area contributed by atoms with Crippen molar-refractivity contribution in [3.63, 3.8) is 0 Å². The molecule has 0 unspecified atom stereocenters. The van der Waals surface area contributed by atoms with Gasteiger partial charge in [0.25, 0.3) is 5.89 Å². The Kier molecular flexibility index (Phi) is 5.32. The molecule has 0 radical (unpaired) electrons. The second-order valence-corrected chi connectivity index (χ2v) is 7.32. The molecule has 0 bridgehead atoms. The van der Waals surface area contributed by atoms with Gasteiger partial charge in [-0.3, -0.25) is 0 Å². The van der Waals surface area contributed by atoms with E-state index in [-0.39, 0.29) is 12.4 Å². The summed E-state index contributed by atoms with van der Waals surface area (Å²) in [7, 11) is 0. The zero-order valence-electron chi connectivity index (χ0n) is 14.7. The molecule has 0 aliphatic heterocycles. The van der Waals surface area contributed by atoms with Gasteiger partial charge in [-0.2, -0.15) is 4.98 Å². The maximum atomic E-state index is 6.28. The molecule has 3 aromatic rings. The van der Waals surface area contributed by atoms with E-state index in [1.807, 2.05) is 38.1 Å². The van der Waals surface area contributed by atoms with Gasteiger partial charge in [0.1, 0.15) is 15.6 Å². The molecule has 1 aliphatic carbocycles. The van der Waals surface area contributed by atoms with Gasteiger partial charge in [0.2, 0.25) is 0 Å². The van der Waals surface area contributed by atoms with Crippen molar-refractivity contribution >= 4 is 23.7 Å². The molecule has 1 fully saturated rings. The van der Waals surface area contributed by atoms with Gasteiger partial charge in [-0.05, 0) is 57.4 Å². The van der Waals surface area contributed by atoms with Crippen molar-refractivity contribution in [2.45, 2.75) is 38.6 Å². The maximum absolute atomic E-state index is 6.28. The van der Waals surface area contributed by atoms with Crippen LogP contribution in [0.5, 0.6) is 5.75 Å². The van der Waals surface area contributed by atoms with Crippen LogP contribution in [0.15, 0.2) is 28.8 Å². The van der Waals surface area contributed by atoms with Crippen LogP contribution < -0.4 is 10.5 Å². The Morgan fingerprint density at radius 3 is 2.58 bits per heavy atom. The van der Waals surface area contributed by atoms with Crippen molar-refractivity contribution in [3.05, 3.63) is 35.8 Å². The zero-order valence-corrected chi connectivity index (χ0v) is 16.3. The molecule has 0 atom stereocenters. The predicted molar refractivity (Wildman–Crippen MR) is 104 cm³/mol. The Bertz CT molecular complexity index is 887. The zero-order chi connectivity index (χ0) is 17.4. The number of aryl methyl sites for hydroxylation is 1. The van der Waals surface area contributed by atoms with Gasteiger partial charge in [-0.1, -0.05) is 5.16 Å². The fourth-order valence-electron chi connectivity index (χ4n) is 2.88. The SMILES string of the molecule is CCOc1ccc(-c2nc(C)c(-c3nc(C4(N)CCC4)no3)s2)cc1.Cl. The van der Waals surface area contributed by atoms with Crippen LogP contribution in [0.3, 0.4) is 0 Å². The Balaban J connectivity index is 0.00000196. The number of rotatable bonds is 5. The molecule has 1 aromatic carbocycles. The number of benzene rings is 1. The standard InChI is InChI=1S/C18H20N4O2S.ClH/c1-3-23-13-7-5-12(6-8-13)16-20-11(2)14(25-16)15-21-17(22-24-15)18(19)9-4-10-18;/h5-8H,3-4,9-10,19H2,1-2H3;1H. The molecule has 0 saturated heterocycles. The number of nitrogens with zero attached hydrogens (tertiary/aromatic N) is 3. The average Bonchev–Trinajstić information content (AvgIpc) is 3.20. The van der Waals surface area contributed by atoms with Crippen LogP contribution in [-0.2, 0) is 5.54 Å². The first-order chi connectivity index (χ1) is 12.1. The van der Waals surface area contributed by atoms with E-state index in [1.165, 1.54) is 0 Å². The summed E-state index contributed by atoms with van der Waals surface area (Å²) in [4.78, 5) is 10.1. The molecule has 1 aliphatic rings. The van der Waals surface area contributed by atoms with Crippen LogP contribution in [0.1, 0.15) is 37.7 Å². The lowest BCUT2D eigenvalue weighted by molar-refractivity contribution is 0.229. The summed E-state index contributed by atoms with van der Waals surface area (Å²) in [6.07, 6.45) is 2.93. The van der Waals surface area contributed by atoms with Gasteiger partial charge in [-0.15, -0.1) is 23.7 Å². The molecule has 6 nitrogen and oxygen atoms in total. The van der Waals surface area contributed by atoms with Gasteiger partial charge in [0.15, 0.2) is 5.82 Å². The van der Waals surface area contributed by atoms with E-state index >= 15 is 0 Å². The summed E-state index contributed by atoms with van der Waals surface area (Å²) in [5.74, 6) is 1.96. The smallest absolute Gasteiger partial charge is 0.270 e. The lowest BCUT2D eigenvalue weighted by atomic mass is 9.77. The largest absolute Gasteiger partial charge is 0.494 e. The molecule has 2 N–H and O–H groups in total. The second kappa shape index (κ2) is 7.34. The lowest BCUT2D eigenvalue weighted by Gasteiger charge is -2.34. The highest BCUT2D eigenvalue weighted by molar-refractivity contribution is 7.18. The predicted octanol–water partition coefficient (Wildman–Crippen LogP) is 4.33. The summed E-state index contributed by atoms with van der Waals surface area (Å²) in [6.45, 7) is 4.58. The fraction of sp³-hybridized carbons (Fsp3) is 0.389. The fourth-order valence-corrected chi connectivity index (χ4v) is 3.87. The van der Waals surface area contributed by atoms with E-state index in [1.54, 1.807) is 11.3 Å². The third-order valence-electron chi connectivity index (χ3n) is 4.52. The average molecular weight is 393 g/mol. The number of halogens is 1. The van der Waals surface area contributed by atoms with Crippen molar-refractivity contribution in [2.75, 3.05) is 6.61 Å². The number of thiazole rings is 1. The molecule has 2 aromatic heterocycles. The maximum Gasteiger partial charge on any atom is 0.270 e. The number of aromatic nitrogens is 3. The first-order valence-electron chi connectivity index (χ1n) is 8.43. The Labute approximate surface area is 162 Å². The van der Waals surface area contributed by atoms with Gasteiger partial charge >= 0.3 is 0 Å². The van der Waals surface area contributed by atoms with Crippen molar-refractivity contribution in [1.82, 2.24) is 15.1 Å². The number of nitrogens with two attached hydrogens (primary N) is 1. The van der Waals surface area contributed by atoms with E-state index < -0.39 is 5.54 Å². The van der Waals surface area contributed by atoms with E-state index in [0.29, 0.717) is 18.3 Å². The van der Waals surface area contributed by atoms with Gasteiger partial charge in [0, 0.05) is 5.56 Å². The van der Waals surface area contributed by atoms with Crippen LogP contribution in [0, 0.1) is 6.92 Å². The minimum absolute atomic E-state index is 0. The minimum atomic E-state index is -0.418. The highest BCUT2D eigenvalue weighted by atomic mass is 35.5. The molecule has 4 rings (SSSR count). The van der Waals surface area contributed by atoms with E-state index in [0.717, 1.165) is 46.2 Å². The van der Waals surface area contributed by atoms with Crippen molar-refractivity contribution < 1.29 is 9.26 Å². The van der Waals surface area contributed by atoms with Gasteiger partial charge < -0.3 is 15.0 Å². The van der Waals surface area contributed by atoms with E-state index in [9.17, 15) is 0 Å². The molecule has 26 heavy (non-hydrogen) atoms. The summed E-state index contributed by atoms with van der Waals surface area (Å²) in [5.41, 5.74) is 7.78. The highest BCUT2D eigenvalue weighted by Crippen LogP contribution is 2.39. The number of hydrogen-bond donors (Lipinski definition) is 1. The normalized spacial score (nSPS) is 15.2. The first-order valence-corrected chi connectivity index (χ1v) is 9.25. The Morgan fingerprint density at radius 2 is 1.96 bits per heavy atom. The van der Waals surface area contributed by atoms with Crippen molar-refractivity contribution in [1.29, 1.82) is 0 Å². The lowest BCUT2D eigenvalue weighted by Crippen LogP contribution is -2.44. The quantitative estimate of drug-likeness (QED) is 0.695. The van der Waals surface area contributed by atoms with Crippen LogP contribution >= 0.6 is 23.7 Å². The molecule has 1 saturated carbocycles. The third kappa shape index (κ3) is 3.34. The second-order valence-electron chi connectivity index (χ2n) is 6.32. The molecule has 0 amide bonds. The van der Waals surface area contributed by atoms with Crippen LogP contribution in [0.4, 0.5) is 0 Å². The summed E-state index contributed by atoms with van der Waals surface area (Å²) < 4.78 is 10.9. The highest BCUT2D eigenvalue weighted by Gasteiger charge is 2.39. The topological polar surface area (TPSA) is 87.1 Å². The number of hydrogen-bond acceptors (Lipinski definition) is 7. The summed E-state index contributed by atoms with van der Waals surface area (Å²) in [6, 6.07) is 7.93. The molecule has 2 heterocycles. The minimum Gasteiger partial charge on any atom is -0.494 e. The Hall–Kier alpha value is -1.96. The van der Waals surface area contributed by atoms with E-state index in [4.69, 9.17) is 15.0 Å². The molecule has 138 valence electrons.